The van der Waals surface area contributed by atoms with Gasteiger partial charge in [-0.3, -0.25) is 0 Å². The zero-order valence-corrected chi connectivity index (χ0v) is 7.53. The summed E-state index contributed by atoms with van der Waals surface area (Å²) in [6.07, 6.45) is 2.34. The molecule has 1 nitrogen and oxygen atoms in total. The zero-order valence-electron chi connectivity index (χ0n) is 6.71. The quantitative estimate of drug-likeness (QED) is 0.666. The van der Waals surface area contributed by atoms with E-state index in [2.05, 4.69) is 13.8 Å². The third-order valence-corrected chi connectivity index (χ3v) is 3.77. The Morgan fingerprint density at radius 1 is 1.60 bits per heavy atom. The highest BCUT2D eigenvalue weighted by Crippen LogP contribution is 2.33. The maximum Gasteiger partial charge on any atom is 0.0692 e. The average Bonchev–Trinajstić information content (AvgIpc) is 2.20. The van der Waals surface area contributed by atoms with Crippen LogP contribution in [0.2, 0.25) is 0 Å². The molecule has 3 unspecified atom stereocenters. The van der Waals surface area contributed by atoms with Gasteiger partial charge in [0.05, 0.1) is 6.10 Å². The summed E-state index contributed by atoms with van der Waals surface area (Å²) >= 11 is 1.93. The second-order valence-electron chi connectivity index (χ2n) is 3.13. The lowest BCUT2D eigenvalue weighted by atomic mass is 10.0. The predicted octanol–water partition coefficient (Wildman–Crippen LogP) is 1.90. The number of rotatable bonds is 2. The number of aliphatic hydroxyl groups is 1. The van der Waals surface area contributed by atoms with E-state index in [9.17, 15) is 5.11 Å². The first-order valence-corrected chi connectivity index (χ1v) is 5.10. The van der Waals surface area contributed by atoms with Crippen molar-refractivity contribution >= 4 is 11.8 Å². The lowest BCUT2D eigenvalue weighted by Crippen LogP contribution is -2.22. The first-order chi connectivity index (χ1) is 4.75. The molecule has 10 heavy (non-hydrogen) atoms. The van der Waals surface area contributed by atoms with Gasteiger partial charge in [0, 0.05) is 5.25 Å². The minimum atomic E-state index is -0.0371. The summed E-state index contributed by atoms with van der Waals surface area (Å²) in [6, 6.07) is 0. The van der Waals surface area contributed by atoms with Gasteiger partial charge in [-0.2, -0.15) is 11.8 Å². The molecular formula is C8H16OS. The van der Waals surface area contributed by atoms with Crippen molar-refractivity contribution in [1.82, 2.24) is 0 Å². The van der Waals surface area contributed by atoms with Crippen LogP contribution in [0.25, 0.3) is 0 Å². The van der Waals surface area contributed by atoms with Gasteiger partial charge in [0.15, 0.2) is 0 Å². The first kappa shape index (κ1) is 8.41. The Morgan fingerprint density at radius 2 is 2.30 bits per heavy atom. The Kier molecular flexibility index (Phi) is 3.05. The molecule has 0 radical (unpaired) electrons. The van der Waals surface area contributed by atoms with Gasteiger partial charge in [-0.1, -0.05) is 20.3 Å². The van der Waals surface area contributed by atoms with Crippen molar-refractivity contribution < 1.29 is 5.11 Å². The molecule has 1 aliphatic heterocycles. The van der Waals surface area contributed by atoms with Crippen molar-refractivity contribution in [1.29, 1.82) is 0 Å². The van der Waals surface area contributed by atoms with Crippen molar-refractivity contribution in [2.75, 3.05) is 5.75 Å². The summed E-state index contributed by atoms with van der Waals surface area (Å²) in [4.78, 5) is 0. The van der Waals surface area contributed by atoms with Crippen molar-refractivity contribution in [3.63, 3.8) is 0 Å². The Bertz CT molecular complexity index is 103. The van der Waals surface area contributed by atoms with E-state index in [0.717, 1.165) is 5.75 Å². The van der Waals surface area contributed by atoms with Crippen molar-refractivity contribution in [2.45, 2.75) is 38.0 Å². The maximum atomic E-state index is 9.57. The molecule has 0 aromatic rings. The van der Waals surface area contributed by atoms with E-state index in [4.69, 9.17) is 0 Å². The standard InChI is InChI=1S/C8H16OS/c1-3-4-7-8(9)6(2)5-10-7/h6-9H,3-5H2,1-2H3. The van der Waals surface area contributed by atoms with Crippen LogP contribution in [0.5, 0.6) is 0 Å². The second kappa shape index (κ2) is 3.63. The summed E-state index contributed by atoms with van der Waals surface area (Å²) < 4.78 is 0. The summed E-state index contributed by atoms with van der Waals surface area (Å²) in [5.74, 6) is 1.66. The fraction of sp³-hybridized carbons (Fsp3) is 1.00. The average molecular weight is 160 g/mol. The van der Waals surface area contributed by atoms with Gasteiger partial charge < -0.3 is 5.11 Å². The molecule has 1 aliphatic rings. The number of hydrogen-bond donors (Lipinski definition) is 1. The Labute approximate surface area is 67.2 Å². The van der Waals surface area contributed by atoms with Crippen LogP contribution in [-0.4, -0.2) is 22.2 Å². The third kappa shape index (κ3) is 1.67. The largest absolute Gasteiger partial charge is 0.392 e. The SMILES string of the molecule is CCCC1SCC(C)C1O. The van der Waals surface area contributed by atoms with Gasteiger partial charge in [-0.25, -0.2) is 0 Å². The van der Waals surface area contributed by atoms with Gasteiger partial charge in [0.25, 0.3) is 0 Å². The van der Waals surface area contributed by atoms with E-state index in [1.807, 2.05) is 11.8 Å². The van der Waals surface area contributed by atoms with Gasteiger partial charge in [-0.05, 0) is 18.1 Å². The summed E-state index contributed by atoms with van der Waals surface area (Å²) in [7, 11) is 0. The number of hydrogen-bond acceptors (Lipinski definition) is 2. The fourth-order valence-electron chi connectivity index (χ4n) is 1.38. The molecule has 1 N–H and O–H groups in total. The second-order valence-corrected chi connectivity index (χ2v) is 4.40. The van der Waals surface area contributed by atoms with E-state index in [0.29, 0.717) is 11.2 Å². The minimum Gasteiger partial charge on any atom is -0.392 e. The number of aliphatic hydroxyl groups excluding tert-OH is 1. The van der Waals surface area contributed by atoms with E-state index in [1.165, 1.54) is 12.8 Å². The lowest BCUT2D eigenvalue weighted by Gasteiger charge is -2.14. The molecule has 0 spiro atoms. The van der Waals surface area contributed by atoms with Crippen LogP contribution in [0.15, 0.2) is 0 Å². The van der Waals surface area contributed by atoms with Crippen LogP contribution in [-0.2, 0) is 0 Å². The van der Waals surface area contributed by atoms with E-state index < -0.39 is 0 Å². The maximum absolute atomic E-state index is 9.57. The Balaban J connectivity index is 2.33. The van der Waals surface area contributed by atoms with Gasteiger partial charge in [-0.15, -0.1) is 0 Å². The number of thioether (sulfide) groups is 1. The van der Waals surface area contributed by atoms with E-state index in [-0.39, 0.29) is 6.10 Å². The lowest BCUT2D eigenvalue weighted by molar-refractivity contribution is 0.131. The molecule has 60 valence electrons. The zero-order chi connectivity index (χ0) is 7.56. The molecule has 0 aromatic carbocycles. The molecule has 1 fully saturated rings. The summed E-state index contributed by atoms with van der Waals surface area (Å²) in [5, 5.41) is 10.1. The molecule has 1 heterocycles. The van der Waals surface area contributed by atoms with E-state index in [1.54, 1.807) is 0 Å². The van der Waals surface area contributed by atoms with Crippen LogP contribution in [0.3, 0.4) is 0 Å². The van der Waals surface area contributed by atoms with Gasteiger partial charge in [0.1, 0.15) is 0 Å². The molecular weight excluding hydrogens is 144 g/mol. The minimum absolute atomic E-state index is 0.0371. The summed E-state index contributed by atoms with van der Waals surface area (Å²) in [5.41, 5.74) is 0. The Morgan fingerprint density at radius 3 is 2.70 bits per heavy atom. The van der Waals surface area contributed by atoms with Crippen LogP contribution in [0.4, 0.5) is 0 Å². The molecule has 0 amide bonds. The first-order valence-electron chi connectivity index (χ1n) is 4.05. The third-order valence-electron chi connectivity index (χ3n) is 2.11. The molecule has 3 atom stereocenters. The van der Waals surface area contributed by atoms with Crippen LogP contribution in [0, 0.1) is 5.92 Å². The van der Waals surface area contributed by atoms with Crippen LogP contribution < -0.4 is 0 Å². The molecule has 1 rings (SSSR count). The summed E-state index contributed by atoms with van der Waals surface area (Å²) in [6.45, 7) is 4.31. The fourth-order valence-corrected chi connectivity index (χ4v) is 2.99. The predicted molar refractivity (Wildman–Crippen MR) is 46.3 cm³/mol. The van der Waals surface area contributed by atoms with Crippen LogP contribution in [0.1, 0.15) is 26.7 Å². The van der Waals surface area contributed by atoms with Crippen molar-refractivity contribution in [3.8, 4) is 0 Å². The molecule has 2 heteroatoms. The van der Waals surface area contributed by atoms with Gasteiger partial charge >= 0.3 is 0 Å². The van der Waals surface area contributed by atoms with Crippen LogP contribution >= 0.6 is 11.8 Å². The van der Waals surface area contributed by atoms with E-state index >= 15 is 0 Å². The van der Waals surface area contributed by atoms with Gasteiger partial charge in [0.2, 0.25) is 0 Å². The normalized spacial score (nSPS) is 40.5. The highest BCUT2D eigenvalue weighted by atomic mass is 32.2. The monoisotopic (exact) mass is 160 g/mol. The van der Waals surface area contributed by atoms with Crippen molar-refractivity contribution in [3.05, 3.63) is 0 Å². The highest BCUT2D eigenvalue weighted by molar-refractivity contribution is 8.00. The Hall–Kier alpha value is 0.310. The molecule has 0 aromatic heterocycles. The van der Waals surface area contributed by atoms with Crippen molar-refractivity contribution in [2.24, 2.45) is 5.92 Å². The molecule has 0 saturated carbocycles. The molecule has 0 bridgehead atoms. The molecule has 0 aliphatic carbocycles. The topological polar surface area (TPSA) is 20.2 Å². The highest BCUT2D eigenvalue weighted by Gasteiger charge is 2.31. The smallest absolute Gasteiger partial charge is 0.0692 e. The molecule has 1 saturated heterocycles.